The van der Waals surface area contributed by atoms with Crippen LogP contribution in [0.15, 0.2) is 6.07 Å². The maximum absolute atomic E-state index is 11.7. The predicted molar refractivity (Wildman–Crippen MR) is 77.4 cm³/mol. The van der Waals surface area contributed by atoms with Gasteiger partial charge < -0.3 is 15.7 Å². The second kappa shape index (κ2) is 5.35. The minimum Gasteiger partial charge on any atom is -0.480 e. The van der Waals surface area contributed by atoms with Gasteiger partial charge >= 0.3 is 5.97 Å². The Hall–Kier alpha value is -2.11. The largest absolute Gasteiger partial charge is 0.480 e. The molecule has 0 aromatic carbocycles. The van der Waals surface area contributed by atoms with Crippen molar-refractivity contribution < 1.29 is 14.7 Å². The van der Waals surface area contributed by atoms with E-state index in [1.165, 1.54) is 0 Å². The van der Waals surface area contributed by atoms with Gasteiger partial charge in [0.15, 0.2) is 0 Å². The molecule has 1 atom stereocenters. The Kier molecular flexibility index (Phi) is 3.53. The zero-order chi connectivity index (χ0) is 15.0. The van der Waals surface area contributed by atoms with Gasteiger partial charge in [0.2, 0.25) is 0 Å². The molecule has 1 aliphatic carbocycles. The number of fused-ring (bicyclic) bond motifs is 1. The van der Waals surface area contributed by atoms with E-state index in [1.807, 2.05) is 0 Å². The van der Waals surface area contributed by atoms with Gasteiger partial charge in [0.05, 0.1) is 5.56 Å². The molecule has 1 aromatic heterocycles. The number of nitrogens with two attached hydrogens (primary N) is 1. The van der Waals surface area contributed by atoms with E-state index in [0.717, 1.165) is 43.4 Å². The summed E-state index contributed by atoms with van der Waals surface area (Å²) in [6, 6.07) is 1.18. The number of aliphatic carboxylic acids is 1. The van der Waals surface area contributed by atoms with E-state index >= 15 is 0 Å². The highest BCUT2D eigenvalue weighted by molar-refractivity contribution is 5.98. The average Bonchev–Trinajstić information content (AvgIpc) is 2.93. The normalized spacial score (nSPS) is 21.1. The third-order valence-corrected chi connectivity index (χ3v) is 4.36. The number of carbonyl (C=O) groups is 2. The Morgan fingerprint density at radius 3 is 2.81 bits per heavy atom. The van der Waals surface area contributed by atoms with Crippen LogP contribution in [0.3, 0.4) is 0 Å². The minimum absolute atomic E-state index is 0.351. The summed E-state index contributed by atoms with van der Waals surface area (Å²) in [5.74, 6) is -0.954. The maximum atomic E-state index is 11.7. The average molecular weight is 289 g/mol. The lowest BCUT2D eigenvalue weighted by Crippen LogP contribution is -2.46. The van der Waals surface area contributed by atoms with Crippen molar-refractivity contribution >= 4 is 17.7 Å². The number of pyridine rings is 1. The SMILES string of the molecule is NC(=O)c1cc2c(nc1N1CCCCC1C(=O)O)CCC2. The van der Waals surface area contributed by atoms with Crippen molar-refractivity contribution in [1.82, 2.24) is 4.98 Å². The lowest BCUT2D eigenvalue weighted by atomic mass is 10.0. The van der Waals surface area contributed by atoms with Crippen molar-refractivity contribution in [2.24, 2.45) is 5.73 Å². The third kappa shape index (κ3) is 2.46. The molecule has 1 amide bonds. The van der Waals surface area contributed by atoms with Crippen molar-refractivity contribution in [3.63, 3.8) is 0 Å². The first-order valence-corrected chi connectivity index (χ1v) is 7.40. The molecule has 6 heteroatoms. The quantitative estimate of drug-likeness (QED) is 0.869. The van der Waals surface area contributed by atoms with Crippen LogP contribution in [0.2, 0.25) is 0 Å². The number of aromatic nitrogens is 1. The maximum Gasteiger partial charge on any atom is 0.326 e. The number of carbonyl (C=O) groups excluding carboxylic acids is 1. The van der Waals surface area contributed by atoms with Gasteiger partial charge in [0.1, 0.15) is 11.9 Å². The summed E-state index contributed by atoms with van der Waals surface area (Å²) in [4.78, 5) is 29.5. The third-order valence-electron chi connectivity index (χ3n) is 4.36. The Morgan fingerprint density at radius 2 is 2.10 bits per heavy atom. The van der Waals surface area contributed by atoms with Crippen molar-refractivity contribution in [2.75, 3.05) is 11.4 Å². The van der Waals surface area contributed by atoms with Gasteiger partial charge in [-0.05, 0) is 50.2 Å². The fourth-order valence-electron chi connectivity index (χ4n) is 3.30. The van der Waals surface area contributed by atoms with E-state index in [9.17, 15) is 14.7 Å². The van der Waals surface area contributed by atoms with Crippen LogP contribution in [-0.4, -0.2) is 34.6 Å². The minimum atomic E-state index is -0.868. The molecule has 6 nitrogen and oxygen atoms in total. The molecular formula is C15H19N3O3. The molecule has 2 aliphatic rings. The Bertz CT molecular complexity index is 600. The van der Waals surface area contributed by atoms with Crippen LogP contribution in [0.25, 0.3) is 0 Å². The topological polar surface area (TPSA) is 96.5 Å². The molecule has 0 spiro atoms. The first kappa shape index (κ1) is 13.9. The van der Waals surface area contributed by atoms with E-state index < -0.39 is 17.9 Å². The number of primary amides is 1. The van der Waals surface area contributed by atoms with Gasteiger partial charge in [-0.25, -0.2) is 9.78 Å². The second-order valence-corrected chi connectivity index (χ2v) is 5.73. The van der Waals surface area contributed by atoms with Gasteiger partial charge in [-0.15, -0.1) is 0 Å². The summed E-state index contributed by atoms with van der Waals surface area (Å²) in [5, 5.41) is 9.41. The fraction of sp³-hybridized carbons (Fsp3) is 0.533. The number of carboxylic acid groups (broad SMARTS) is 1. The number of rotatable bonds is 3. The highest BCUT2D eigenvalue weighted by atomic mass is 16.4. The van der Waals surface area contributed by atoms with Crippen molar-refractivity contribution in [2.45, 2.75) is 44.6 Å². The van der Waals surface area contributed by atoms with Crippen molar-refractivity contribution in [3.8, 4) is 0 Å². The second-order valence-electron chi connectivity index (χ2n) is 5.73. The zero-order valence-electron chi connectivity index (χ0n) is 11.8. The lowest BCUT2D eigenvalue weighted by molar-refractivity contribution is -0.139. The number of carboxylic acids is 1. The molecule has 1 unspecified atom stereocenters. The summed E-state index contributed by atoms with van der Waals surface area (Å²) in [7, 11) is 0. The number of aryl methyl sites for hydroxylation is 2. The summed E-state index contributed by atoms with van der Waals surface area (Å²) < 4.78 is 0. The standard InChI is InChI=1S/C15H19N3O3/c16-13(19)10-8-9-4-3-5-11(9)17-14(10)18-7-2-1-6-12(18)15(20)21/h8,12H,1-7H2,(H2,16,19)(H,20,21). The van der Waals surface area contributed by atoms with Gasteiger partial charge in [0.25, 0.3) is 5.91 Å². The van der Waals surface area contributed by atoms with E-state index in [1.54, 1.807) is 11.0 Å². The molecule has 2 heterocycles. The highest BCUT2D eigenvalue weighted by Gasteiger charge is 2.32. The number of nitrogens with zero attached hydrogens (tertiary/aromatic N) is 2. The number of hydrogen-bond donors (Lipinski definition) is 2. The van der Waals surface area contributed by atoms with E-state index in [2.05, 4.69) is 4.98 Å². The molecule has 0 saturated carbocycles. The number of hydrogen-bond acceptors (Lipinski definition) is 4. The van der Waals surface area contributed by atoms with Crippen LogP contribution >= 0.6 is 0 Å². The van der Waals surface area contributed by atoms with Gasteiger partial charge in [-0.2, -0.15) is 0 Å². The van der Waals surface area contributed by atoms with Gasteiger partial charge in [-0.3, -0.25) is 4.79 Å². The van der Waals surface area contributed by atoms with E-state index in [-0.39, 0.29) is 0 Å². The molecule has 3 N–H and O–H groups in total. The molecule has 1 aliphatic heterocycles. The van der Waals surface area contributed by atoms with E-state index in [4.69, 9.17) is 5.73 Å². The lowest BCUT2D eigenvalue weighted by Gasteiger charge is -2.35. The van der Waals surface area contributed by atoms with Crippen molar-refractivity contribution in [3.05, 3.63) is 22.9 Å². The summed E-state index contributed by atoms with van der Waals surface area (Å²) in [6.07, 6.45) is 5.17. The predicted octanol–water partition coefficient (Wildman–Crippen LogP) is 1.11. The van der Waals surface area contributed by atoms with Crippen LogP contribution in [-0.2, 0) is 17.6 Å². The number of amides is 1. The molecule has 112 valence electrons. The van der Waals surface area contributed by atoms with Crippen molar-refractivity contribution in [1.29, 1.82) is 0 Å². The van der Waals surface area contributed by atoms with E-state index in [0.29, 0.717) is 24.3 Å². The Morgan fingerprint density at radius 1 is 1.29 bits per heavy atom. The van der Waals surface area contributed by atoms with Gasteiger partial charge in [-0.1, -0.05) is 0 Å². The first-order valence-electron chi connectivity index (χ1n) is 7.40. The fourth-order valence-corrected chi connectivity index (χ4v) is 3.30. The van der Waals surface area contributed by atoms with Crippen LogP contribution < -0.4 is 10.6 Å². The molecule has 0 bridgehead atoms. The van der Waals surface area contributed by atoms with Crippen LogP contribution in [0.1, 0.15) is 47.3 Å². The van der Waals surface area contributed by atoms with Crippen LogP contribution in [0.4, 0.5) is 5.82 Å². The summed E-state index contributed by atoms with van der Waals surface area (Å²) in [6.45, 7) is 0.600. The molecule has 1 aromatic rings. The molecule has 1 fully saturated rings. The van der Waals surface area contributed by atoms with Crippen LogP contribution in [0.5, 0.6) is 0 Å². The summed E-state index contributed by atoms with van der Waals surface area (Å²) in [5.41, 5.74) is 7.88. The smallest absolute Gasteiger partial charge is 0.326 e. The molecule has 21 heavy (non-hydrogen) atoms. The first-order chi connectivity index (χ1) is 10.1. The molecule has 0 radical (unpaired) electrons. The number of piperidine rings is 1. The highest BCUT2D eigenvalue weighted by Crippen LogP contribution is 2.31. The zero-order valence-corrected chi connectivity index (χ0v) is 11.8. The Labute approximate surface area is 123 Å². The van der Waals surface area contributed by atoms with Gasteiger partial charge in [0, 0.05) is 12.2 Å². The molecular weight excluding hydrogens is 270 g/mol. The molecule has 3 rings (SSSR count). The Balaban J connectivity index is 2.07. The monoisotopic (exact) mass is 289 g/mol. The van der Waals surface area contributed by atoms with Crippen LogP contribution in [0, 0.1) is 0 Å². The number of anilines is 1. The summed E-state index contributed by atoms with van der Waals surface area (Å²) >= 11 is 0. The molecule has 1 saturated heterocycles.